The minimum Gasteiger partial charge on any atom is -0.389 e. The van der Waals surface area contributed by atoms with Crippen molar-refractivity contribution in [3.8, 4) is 28.6 Å². The van der Waals surface area contributed by atoms with Crippen LogP contribution in [0.25, 0.3) is 33.4 Å². The van der Waals surface area contributed by atoms with Crippen molar-refractivity contribution in [3.05, 3.63) is 83.4 Å². The van der Waals surface area contributed by atoms with E-state index in [1.165, 1.54) is 0 Å². The van der Waals surface area contributed by atoms with Crippen molar-refractivity contribution in [2.24, 2.45) is 7.05 Å². The first-order valence-electron chi connectivity index (χ1n) is 15.0. The van der Waals surface area contributed by atoms with E-state index in [0.29, 0.717) is 41.8 Å². The summed E-state index contributed by atoms with van der Waals surface area (Å²) >= 11 is 0. The second kappa shape index (κ2) is 10.0. The first-order chi connectivity index (χ1) is 21.4. The lowest BCUT2D eigenvalue weighted by molar-refractivity contribution is -0.0315. The Labute approximate surface area is 254 Å². The molecule has 4 heterocycles. The van der Waals surface area contributed by atoms with Gasteiger partial charge < -0.3 is 15.0 Å². The van der Waals surface area contributed by atoms with Crippen molar-refractivity contribution in [1.82, 2.24) is 30.0 Å². The standard InChI is InChI=1S/C34H30N8O2/c1-41-19-37-40-32(41)25-12-20(16-35)6-9-24(25)22-13-28(21-7-8-21)39-30(14-22)42-29-5-2-4-27-31(29)26(33(42)43)15-23(38-27)17-36-18-34(44)10-3-11-34/h2,4-6,9,12-15,19,21,36,44H,3,7-8,10-11,17-18H2,1H3. The number of anilines is 2. The zero-order chi connectivity index (χ0) is 30.0. The van der Waals surface area contributed by atoms with Crippen molar-refractivity contribution in [2.75, 3.05) is 11.4 Å². The number of carbonyl (C=O) groups is 1. The molecule has 1 aliphatic heterocycles. The van der Waals surface area contributed by atoms with Crippen LogP contribution in [0.15, 0.2) is 60.9 Å². The number of hydrogen-bond donors (Lipinski definition) is 2. The lowest BCUT2D eigenvalue weighted by Gasteiger charge is -2.36. The average molecular weight is 583 g/mol. The molecule has 10 nitrogen and oxygen atoms in total. The fourth-order valence-corrected chi connectivity index (χ4v) is 6.38. The molecule has 2 N–H and O–H groups in total. The lowest BCUT2D eigenvalue weighted by atomic mass is 9.80. The number of nitrogens with zero attached hydrogens (tertiary/aromatic N) is 7. The van der Waals surface area contributed by atoms with E-state index < -0.39 is 5.60 Å². The van der Waals surface area contributed by atoms with Gasteiger partial charge in [0.25, 0.3) is 5.91 Å². The van der Waals surface area contributed by atoms with Gasteiger partial charge in [-0.25, -0.2) is 4.98 Å². The zero-order valence-electron chi connectivity index (χ0n) is 24.3. The number of aryl methyl sites for hydroxylation is 1. The van der Waals surface area contributed by atoms with Crippen LogP contribution in [-0.4, -0.2) is 47.9 Å². The molecule has 2 fully saturated rings. The maximum atomic E-state index is 14.2. The molecule has 1 amide bonds. The maximum absolute atomic E-state index is 14.2. The summed E-state index contributed by atoms with van der Waals surface area (Å²) in [5, 5.41) is 32.7. The van der Waals surface area contributed by atoms with Gasteiger partial charge >= 0.3 is 0 Å². The summed E-state index contributed by atoms with van der Waals surface area (Å²) in [6.45, 7) is 0.973. The fraction of sp³-hybridized carbons (Fsp3) is 0.294. The molecule has 2 aromatic carbocycles. The molecular weight excluding hydrogens is 552 g/mol. The van der Waals surface area contributed by atoms with Crippen LogP contribution in [0.4, 0.5) is 11.5 Å². The van der Waals surface area contributed by atoms with Gasteiger partial charge in [0.05, 0.1) is 39.7 Å². The number of amides is 1. The van der Waals surface area contributed by atoms with Gasteiger partial charge in [-0.3, -0.25) is 14.7 Å². The SMILES string of the molecule is Cn1cnnc1-c1cc(C#N)ccc1-c1cc(C2CC2)nc(N2C(=O)c3cc(CNCC4(O)CCC4)nc4cccc2c34)c1. The molecule has 2 saturated carbocycles. The monoisotopic (exact) mass is 582 g/mol. The molecule has 10 heteroatoms. The molecule has 2 aliphatic carbocycles. The van der Waals surface area contributed by atoms with Gasteiger partial charge in [-0.2, -0.15) is 5.26 Å². The van der Waals surface area contributed by atoms with Crippen LogP contribution in [-0.2, 0) is 13.6 Å². The summed E-state index contributed by atoms with van der Waals surface area (Å²) in [5.41, 5.74) is 6.28. The molecular formula is C34H30N8O2. The van der Waals surface area contributed by atoms with Crippen LogP contribution in [0, 0.1) is 11.3 Å². The Morgan fingerprint density at radius 2 is 1.93 bits per heavy atom. The number of carbonyl (C=O) groups excluding carboxylic acids is 1. The highest BCUT2D eigenvalue weighted by Gasteiger charge is 2.36. The maximum Gasteiger partial charge on any atom is 0.264 e. The minimum absolute atomic E-state index is 0.141. The molecule has 44 heavy (non-hydrogen) atoms. The Balaban J connectivity index is 1.21. The quantitative estimate of drug-likeness (QED) is 0.257. The normalized spacial score (nSPS) is 16.8. The predicted octanol–water partition coefficient (Wildman–Crippen LogP) is 5.14. The molecule has 3 aliphatic rings. The highest BCUT2D eigenvalue weighted by atomic mass is 16.3. The van der Waals surface area contributed by atoms with Gasteiger partial charge in [-0.05, 0) is 85.7 Å². The second-order valence-corrected chi connectivity index (χ2v) is 12.2. The van der Waals surface area contributed by atoms with Crippen molar-refractivity contribution < 1.29 is 9.90 Å². The van der Waals surface area contributed by atoms with Gasteiger partial charge in [0.15, 0.2) is 5.82 Å². The number of pyridine rings is 2. The Bertz CT molecular complexity index is 2020. The molecule has 218 valence electrons. The van der Waals surface area contributed by atoms with Crippen LogP contribution in [0.2, 0.25) is 0 Å². The van der Waals surface area contributed by atoms with Crippen LogP contribution in [0.5, 0.6) is 0 Å². The Kier molecular flexibility index (Phi) is 6.08. The lowest BCUT2D eigenvalue weighted by Crippen LogP contribution is -2.46. The third kappa shape index (κ3) is 4.44. The van der Waals surface area contributed by atoms with E-state index in [1.54, 1.807) is 17.3 Å². The topological polar surface area (TPSA) is 133 Å². The van der Waals surface area contributed by atoms with Crippen molar-refractivity contribution in [1.29, 1.82) is 5.26 Å². The van der Waals surface area contributed by atoms with E-state index in [9.17, 15) is 15.2 Å². The van der Waals surface area contributed by atoms with E-state index in [0.717, 1.165) is 76.8 Å². The summed E-state index contributed by atoms with van der Waals surface area (Å²) in [7, 11) is 1.87. The third-order valence-electron chi connectivity index (χ3n) is 9.05. The third-order valence-corrected chi connectivity index (χ3v) is 9.05. The van der Waals surface area contributed by atoms with Gasteiger partial charge in [0.1, 0.15) is 12.1 Å². The first kappa shape index (κ1) is 26.6. The van der Waals surface area contributed by atoms with Crippen molar-refractivity contribution in [2.45, 2.75) is 50.2 Å². The molecule has 0 bridgehead atoms. The number of benzene rings is 2. The summed E-state index contributed by atoms with van der Waals surface area (Å²) < 4.78 is 1.83. The highest BCUT2D eigenvalue weighted by Crippen LogP contribution is 2.46. The van der Waals surface area contributed by atoms with E-state index in [-0.39, 0.29) is 5.91 Å². The number of rotatable bonds is 8. The molecule has 0 saturated heterocycles. The van der Waals surface area contributed by atoms with E-state index in [2.05, 4.69) is 27.6 Å². The summed E-state index contributed by atoms with van der Waals surface area (Å²) in [4.78, 5) is 25.8. The van der Waals surface area contributed by atoms with Crippen LogP contribution in [0.3, 0.4) is 0 Å². The number of aromatic nitrogens is 5. The largest absolute Gasteiger partial charge is 0.389 e. The van der Waals surface area contributed by atoms with Crippen LogP contribution >= 0.6 is 0 Å². The average Bonchev–Trinajstić information content (AvgIpc) is 3.73. The summed E-state index contributed by atoms with van der Waals surface area (Å²) in [6, 6.07) is 19.5. The second-order valence-electron chi connectivity index (χ2n) is 12.2. The first-order valence-corrected chi connectivity index (χ1v) is 15.0. The molecule has 5 aromatic rings. The van der Waals surface area contributed by atoms with Crippen molar-refractivity contribution >= 4 is 28.3 Å². The smallest absolute Gasteiger partial charge is 0.264 e. The zero-order valence-corrected chi connectivity index (χ0v) is 24.3. The highest BCUT2D eigenvalue weighted by molar-refractivity contribution is 6.27. The Morgan fingerprint density at radius 1 is 1.07 bits per heavy atom. The predicted molar refractivity (Wildman–Crippen MR) is 165 cm³/mol. The van der Waals surface area contributed by atoms with Gasteiger partial charge in [0.2, 0.25) is 0 Å². The van der Waals surface area contributed by atoms with Gasteiger partial charge in [-0.15, -0.1) is 10.2 Å². The number of nitriles is 1. The van der Waals surface area contributed by atoms with Crippen molar-refractivity contribution in [3.63, 3.8) is 0 Å². The molecule has 8 rings (SSSR count). The summed E-state index contributed by atoms with van der Waals surface area (Å²) in [5.74, 6) is 1.40. The van der Waals surface area contributed by atoms with Gasteiger partial charge in [0, 0.05) is 42.7 Å². The number of nitrogens with one attached hydrogen (secondary N) is 1. The molecule has 0 unspecified atom stereocenters. The fourth-order valence-electron chi connectivity index (χ4n) is 6.38. The van der Waals surface area contributed by atoms with E-state index >= 15 is 0 Å². The number of aliphatic hydroxyl groups is 1. The molecule has 0 radical (unpaired) electrons. The van der Waals surface area contributed by atoms with E-state index in [4.69, 9.17) is 9.97 Å². The van der Waals surface area contributed by atoms with Crippen LogP contribution in [0.1, 0.15) is 65.3 Å². The number of hydrogen-bond acceptors (Lipinski definition) is 8. The van der Waals surface area contributed by atoms with E-state index in [1.807, 2.05) is 54.1 Å². The minimum atomic E-state index is -0.634. The molecule has 3 aromatic heterocycles. The molecule has 0 spiro atoms. The Morgan fingerprint density at radius 3 is 2.66 bits per heavy atom. The van der Waals surface area contributed by atoms with Gasteiger partial charge in [-0.1, -0.05) is 12.1 Å². The Hall–Kier alpha value is -4.98. The summed E-state index contributed by atoms with van der Waals surface area (Å²) in [6.07, 6.45) is 6.42. The molecule has 0 atom stereocenters. The van der Waals surface area contributed by atoms with Crippen LogP contribution < -0.4 is 10.2 Å².